The summed E-state index contributed by atoms with van der Waals surface area (Å²) in [5, 5.41) is 2.99. The van der Waals surface area contributed by atoms with E-state index in [-0.39, 0.29) is 24.3 Å². The summed E-state index contributed by atoms with van der Waals surface area (Å²) in [6, 6.07) is 22.7. The Balaban J connectivity index is 1.25. The van der Waals surface area contributed by atoms with Crippen molar-refractivity contribution in [2.45, 2.75) is 12.5 Å². The zero-order valence-corrected chi connectivity index (χ0v) is 16.9. The van der Waals surface area contributed by atoms with Crippen LogP contribution in [0.5, 0.6) is 11.5 Å². The largest absolute Gasteiger partial charge is 0.486 e. The summed E-state index contributed by atoms with van der Waals surface area (Å²) in [4.78, 5) is 27.0. The Hall–Kier alpha value is -3.80. The standard InChI is InChI=1S/C25H22N2O4/c28-24-14-20(16-27(24)21-10-11-22-23(15-21)31-13-12-30-22)26-25(29)19-8-6-18(7-9-19)17-4-2-1-3-5-17/h1-11,15,20H,12-14,16H2,(H,26,29)/t20-/m0/s1. The Kier molecular flexibility index (Phi) is 5.04. The average Bonchev–Trinajstić information content (AvgIpc) is 3.19. The lowest BCUT2D eigenvalue weighted by molar-refractivity contribution is -0.117. The van der Waals surface area contributed by atoms with Gasteiger partial charge < -0.3 is 19.7 Å². The van der Waals surface area contributed by atoms with E-state index in [4.69, 9.17) is 9.47 Å². The number of benzene rings is 3. The molecule has 2 aliphatic heterocycles. The molecule has 1 fully saturated rings. The quantitative estimate of drug-likeness (QED) is 0.708. The molecule has 3 aromatic carbocycles. The fraction of sp³-hybridized carbons (Fsp3) is 0.200. The van der Waals surface area contributed by atoms with E-state index in [1.807, 2.05) is 72.8 Å². The van der Waals surface area contributed by atoms with Gasteiger partial charge in [-0.3, -0.25) is 9.59 Å². The molecule has 0 aromatic heterocycles. The van der Waals surface area contributed by atoms with E-state index in [1.165, 1.54) is 0 Å². The van der Waals surface area contributed by atoms with Crippen molar-refractivity contribution >= 4 is 17.5 Å². The first-order valence-corrected chi connectivity index (χ1v) is 10.3. The van der Waals surface area contributed by atoms with Gasteiger partial charge in [0, 0.05) is 30.3 Å². The van der Waals surface area contributed by atoms with Gasteiger partial charge in [0.1, 0.15) is 13.2 Å². The first-order valence-electron chi connectivity index (χ1n) is 10.3. The highest BCUT2D eigenvalue weighted by Crippen LogP contribution is 2.35. The van der Waals surface area contributed by atoms with Crippen molar-refractivity contribution in [1.29, 1.82) is 0 Å². The van der Waals surface area contributed by atoms with E-state index in [1.54, 1.807) is 4.90 Å². The summed E-state index contributed by atoms with van der Waals surface area (Å²) in [5.41, 5.74) is 3.48. The molecule has 156 valence electrons. The molecule has 5 rings (SSSR count). The number of rotatable bonds is 4. The van der Waals surface area contributed by atoms with Crippen molar-refractivity contribution in [3.8, 4) is 22.6 Å². The van der Waals surface area contributed by atoms with Gasteiger partial charge in [0.15, 0.2) is 11.5 Å². The Labute approximate surface area is 180 Å². The van der Waals surface area contributed by atoms with Crippen LogP contribution in [-0.2, 0) is 4.79 Å². The maximum absolute atomic E-state index is 12.7. The van der Waals surface area contributed by atoms with Gasteiger partial charge in [0.2, 0.25) is 5.91 Å². The molecule has 1 atom stereocenters. The van der Waals surface area contributed by atoms with Crippen LogP contribution in [0.3, 0.4) is 0 Å². The van der Waals surface area contributed by atoms with Crippen molar-refractivity contribution in [2.75, 3.05) is 24.7 Å². The molecule has 0 unspecified atom stereocenters. The highest BCUT2D eigenvalue weighted by molar-refractivity contribution is 5.99. The number of amides is 2. The number of hydrogen-bond acceptors (Lipinski definition) is 4. The molecule has 2 amide bonds. The lowest BCUT2D eigenvalue weighted by Crippen LogP contribution is -2.37. The summed E-state index contributed by atoms with van der Waals surface area (Å²) in [6.07, 6.45) is 0.266. The Morgan fingerprint density at radius 2 is 1.58 bits per heavy atom. The molecule has 2 aliphatic rings. The molecule has 0 spiro atoms. The van der Waals surface area contributed by atoms with Crippen molar-refractivity contribution in [1.82, 2.24) is 5.32 Å². The second-order valence-electron chi connectivity index (χ2n) is 7.65. The van der Waals surface area contributed by atoms with Gasteiger partial charge in [-0.2, -0.15) is 0 Å². The fourth-order valence-electron chi connectivity index (χ4n) is 3.97. The zero-order valence-electron chi connectivity index (χ0n) is 16.9. The summed E-state index contributed by atoms with van der Waals surface area (Å²) < 4.78 is 11.2. The molecular formula is C25H22N2O4. The molecule has 0 bridgehead atoms. The van der Waals surface area contributed by atoms with Gasteiger partial charge >= 0.3 is 0 Å². The van der Waals surface area contributed by atoms with E-state index in [9.17, 15) is 9.59 Å². The van der Waals surface area contributed by atoms with Gasteiger partial charge in [0.25, 0.3) is 5.91 Å². The van der Waals surface area contributed by atoms with Crippen LogP contribution >= 0.6 is 0 Å². The summed E-state index contributed by atoms with van der Waals surface area (Å²) in [5.74, 6) is 1.12. The fourth-order valence-corrected chi connectivity index (χ4v) is 3.97. The number of nitrogens with one attached hydrogen (secondary N) is 1. The topological polar surface area (TPSA) is 67.9 Å². The monoisotopic (exact) mass is 414 g/mol. The molecule has 0 aliphatic carbocycles. The second-order valence-corrected chi connectivity index (χ2v) is 7.65. The number of nitrogens with zero attached hydrogens (tertiary/aromatic N) is 1. The summed E-state index contributed by atoms with van der Waals surface area (Å²) in [6.45, 7) is 1.44. The van der Waals surface area contributed by atoms with Crippen molar-refractivity contribution in [3.63, 3.8) is 0 Å². The molecule has 1 N–H and O–H groups in total. The average molecular weight is 414 g/mol. The van der Waals surface area contributed by atoms with Crippen LogP contribution in [0.25, 0.3) is 11.1 Å². The molecule has 0 saturated carbocycles. The maximum atomic E-state index is 12.7. The van der Waals surface area contributed by atoms with Crippen LogP contribution < -0.4 is 19.7 Å². The molecule has 6 nitrogen and oxygen atoms in total. The van der Waals surface area contributed by atoms with Gasteiger partial charge in [0.05, 0.1) is 6.04 Å². The Bertz CT molecular complexity index is 1110. The lowest BCUT2D eigenvalue weighted by atomic mass is 10.0. The van der Waals surface area contributed by atoms with Gasteiger partial charge in [-0.15, -0.1) is 0 Å². The van der Waals surface area contributed by atoms with Gasteiger partial charge in [-0.05, 0) is 35.4 Å². The highest BCUT2D eigenvalue weighted by Gasteiger charge is 2.32. The van der Waals surface area contributed by atoms with E-state index in [0.717, 1.165) is 16.8 Å². The third-order valence-corrected chi connectivity index (χ3v) is 5.55. The summed E-state index contributed by atoms with van der Waals surface area (Å²) in [7, 11) is 0. The van der Waals surface area contributed by atoms with Crippen LogP contribution in [0.1, 0.15) is 16.8 Å². The molecule has 1 saturated heterocycles. The van der Waals surface area contributed by atoms with E-state index in [2.05, 4.69) is 5.32 Å². The number of ether oxygens (including phenoxy) is 2. The predicted molar refractivity (Wildman–Crippen MR) is 118 cm³/mol. The number of fused-ring (bicyclic) bond motifs is 1. The SMILES string of the molecule is O=C(N[C@H]1CC(=O)N(c2ccc3c(c2)OCCO3)C1)c1ccc(-c2ccccc2)cc1. The van der Waals surface area contributed by atoms with Crippen LogP contribution in [0.2, 0.25) is 0 Å². The van der Waals surface area contributed by atoms with Crippen LogP contribution in [-0.4, -0.2) is 37.6 Å². The minimum absolute atomic E-state index is 0.0265. The van der Waals surface area contributed by atoms with E-state index in [0.29, 0.717) is 36.8 Å². The van der Waals surface area contributed by atoms with Crippen molar-refractivity contribution in [3.05, 3.63) is 78.4 Å². The third kappa shape index (κ3) is 3.97. The summed E-state index contributed by atoms with van der Waals surface area (Å²) >= 11 is 0. The lowest BCUT2D eigenvalue weighted by Gasteiger charge is -2.22. The predicted octanol–water partition coefficient (Wildman–Crippen LogP) is 3.66. The maximum Gasteiger partial charge on any atom is 0.251 e. The number of anilines is 1. The molecule has 3 aromatic rings. The first-order chi connectivity index (χ1) is 15.2. The third-order valence-electron chi connectivity index (χ3n) is 5.55. The Morgan fingerprint density at radius 3 is 2.35 bits per heavy atom. The van der Waals surface area contributed by atoms with Crippen molar-refractivity contribution in [2.24, 2.45) is 0 Å². The number of carbonyl (C=O) groups is 2. The first kappa shape index (κ1) is 19.2. The van der Waals surface area contributed by atoms with Crippen molar-refractivity contribution < 1.29 is 19.1 Å². The minimum atomic E-state index is -0.248. The molecule has 6 heteroatoms. The van der Waals surface area contributed by atoms with Crippen LogP contribution in [0.4, 0.5) is 5.69 Å². The van der Waals surface area contributed by atoms with Gasteiger partial charge in [-0.1, -0.05) is 42.5 Å². The van der Waals surface area contributed by atoms with E-state index < -0.39 is 0 Å². The number of hydrogen-bond donors (Lipinski definition) is 1. The highest BCUT2D eigenvalue weighted by atomic mass is 16.6. The molecule has 0 radical (unpaired) electrons. The Morgan fingerprint density at radius 1 is 0.871 bits per heavy atom. The molecular weight excluding hydrogens is 392 g/mol. The minimum Gasteiger partial charge on any atom is -0.486 e. The smallest absolute Gasteiger partial charge is 0.251 e. The second kappa shape index (κ2) is 8.14. The molecule has 31 heavy (non-hydrogen) atoms. The van der Waals surface area contributed by atoms with Gasteiger partial charge in [-0.25, -0.2) is 0 Å². The van der Waals surface area contributed by atoms with Crippen LogP contribution in [0.15, 0.2) is 72.8 Å². The zero-order chi connectivity index (χ0) is 21.2. The molecule has 2 heterocycles. The number of carbonyl (C=O) groups excluding carboxylic acids is 2. The van der Waals surface area contributed by atoms with E-state index >= 15 is 0 Å². The van der Waals surface area contributed by atoms with Crippen LogP contribution in [0, 0.1) is 0 Å². The normalized spacial score (nSPS) is 17.5.